The van der Waals surface area contributed by atoms with Gasteiger partial charge in [0.15, 0.2) is 0 Å². The van der Waals surface area contributed by atoms with Crippen molar-refractivity contribution in [3.63, 3.8) is 0 Å². The highest BCUT2D eigenvalue weighted by Crippen LogP contribution is 2.32. The monoisotopic (exact) mass is 185 g/mol. The summed E-state index contributed by atoms with van der Waals surface area (Å²) in [5, 5.41) is 8.99. The van der Waals surface area contributed by atoms with Crippen LogP contribution in [0.15, 0.2) is 18.2 Å². The van der Waals surface area contributed by atoms with Crippen molar-refractivity contribution in [3.8, 4) is 0 Å². The Balaban J connectivity index is 2.44. The van der Waals surface area contributed by atoms with E-state index in [0.717, 1.165) is 17.5 Å². The minimum atomic E-state index is -0.453. The van der Waals surface area contributed by atoms with E-state index in [4.69, 9.17) is 5.73 Å². The summed E-state index contributed by atoms with van der Waals surface area (Å²) in [5.41, 5.74) is 8.53. The zero-order chi connectivity index (χ0) is 9.71. The maximum Gasteiger partial charge on any atom is 0.250 e. The van der Waals surface area contributed by atoms with Crippen molar-refractivity contribution < 1.29 is 4.79 Å². The lowest BCUT2D eigenvalue weighted by Crippen LogP contribution is -2.11. The Kier molecular flexibility index (Phi) is 1.21. The SMILES string of the molecule is NC(=O)c1cccc2c3c(nnc12)C3. The molecule has 0 saturated heterocycles. The molecule has 3 rings (SSSR count). The molecule has 1 heterocycles. The summed E-state index contributed by atoms with van der Waals surface area (Å²) in [7, 11) is 0. The second-order valence-corrected chi connectivity index (χ2v) is 3.37. The lowest BCUT2D eigenvalue weighted by atomic mass is 10.1. The highest BCUT2D eigenvalue weighted by Gasteiger charge is 2.24. The van der Waals surface area contributed by atoms with Crippen LogP contribution < -0.4 is 5.73 Å². The molecule has 4 nitrogen and oxygen atoms in total. The molecule has 1 aromatic heterocycles. The molecule has 1 aliphatic carbocycles. The van der Waals surface area contributed by atoms with Gasteiger partial charge >= 0.3 is 0 Å². The van der Waals surface area contributed by atoms with Gasteiger partial charge in [-0.15, -0.1) is 5.10 Å². The first kappa shape index (κ1) is 7.44. The number of primary amides is 1. The first-order chi connectivity index (χ1) is 6.77. The molecule has 14 heavy (non-hydrogen) atoms. The van der Waals surface area contributed by atoms with Crippen molar-refractivity contribution in [2.75, 3.05) is 0 Å². The van der Waals surface area contributed by atoms with Gasteiger partial charge in [-0.2, -0.15) is 5.10 Å². The first-order valence-corrected chi connectivity index (χ1v) is 4.34. The fourth-order valence-electron chi connectivity index (χ4n) is 1.67. The van der Waals surface area contributed by atoms with Gasteiger partial charge in [0.05, 0.1) is 11.3 Å². The summed E-state index contributed by atoms with van der Waals surface area (Å²) in [6.45, 7) is 0. The van der Waals surface area contributed by atoms with Crippen LogP contribution in [0.25, 0.3) is 10.9 Å². The van der Waals surface area contributed by atoms with E-state index in [1.165, 1.54) is 5.56 Å². The molecule has 4 heteroatoms. The number of hydrogen-bond donors (Lipinski definition) is 1. The number of benzene rings is 1. The van der Waals surface area contributed by atoms with Crippen molar-refractivity contribution in [2.24, 2.45) is 5.73 Å². The van der Waals surface area contributed by atoms with Crippen LogP contribution in [0.3, 0.4) is 0 Å². The summed E-state index contributed by atoms with van der Waals surface area (Å²) in [6, 6.07) is 5.44. The summed E-state index contributed by atoms with van der Waals surface area (Å²) < 4.78 is 0. The van der Waals surface area contributed by atoms with Crippen LogP contribution in [0.4, 0.5) is 0 Å². The minimum absolute atomic E-state index is 0.449. The van der Waals surface area contributed by atoms with Crippen LogP contribution in [0.1, 0.15) is 21.6 Å². The molecule has 2 aromatic rings. The van der Waals surface area contributed by atoms with Gasteiger partial charge in [0.25, 0.3) is 5.91 Å². The molecular weight excluding hydrogens is 178 g/mol. The van der Waals surface area contributed by atoms with Gasteiger partial charge in [-0.1, -0.05) is 12.1 Å². The van der Waals surface area contributed by atoms with E-state index in [2.05, 4.69) is 10.2 Å². The number of amides is 1. The Hall–Kier alpha value is -1.97. The van der Waals surface area contributed by atoms with Gasteiger partial charge in [-0.05, 0) is 11.6 Å². The molecule has 0 fully saturated rings. The third kappa shape index (κ3) is 0.849. The predicted molar refractivity (Wildman–Crippen MR) is 50.9 cm³/mol. The van der Waals surface area contributed by atoms with Gasteiger partial charge in [0.1, 0.15) is 5.52 Å². The predicted octanol–water partition coefficient (Wildman–Crippen LogP) is 0.633. The zero-order valence-electron chi connectivity index (χ0n) is 7.32. The maximum absolute atomic E-state index is 11.1. The number of nitrogens with two attached hydrogens (primary N) is 1. The standard InChI is InChI=1S/C10H7N3O/c11-10(14)6-3-1-2-5-7-4-8(7)12-13-9(5)6/h1-3H,4H2,(H2,11,14). The number of carbonyl (C=O) groups is 1. The second kappa shape index (κ2) is 2.29. The average Bonchev–Trinajstić information content (AvgIpc) is 2.95. The summed E-state index contributed by atoms with van der Waals surface area (Å²) >= 11 is 0. The maximum atomic E-state index is 11.1. The Morgan fingerprint density at radius 2 is 2.21 bits per heavy atom. The lowest BCUT2D eigenvalue weighted by Gasteiger charge is -1.99. The van der Waals surface area contributed by atoms with Crippen molar-refractivity contribution in [2.45, 2.75) is 6.42 Å². The van der Waals surface area contributed by atoms with E-state index in [1.807, 2.05) is 12.1 Å². The number of hydrogen-bond acceptors (Lipinski definition) is 3. The quantitative estimate of drug-likeness (QED) is 0.604. The van der Waals surface area contributed by atoms with Gasteiger partial charge in [-0.3, -0.25) is 4.79 Å². The lowest BCUT2D eigenvalue weighted by molar-refractivity contribution is 0.100. The normalized spacial score (nSPS) is 12.6. The van der Waals surface area contributed by atoms with Crippen LogP contribution in [0.2, 0.25) is 0 Å². The number of fused-ring (bicyclic) bond motifs is 3. The molecule has 0 radical (unpaired) electrons. The molecule has 0 unspecified atom stereocenters. The van der Waals surface area contributed by atoms with E-state index >= 15 is 0 Å². The fraction of sp³-hybridized carbons (Fsp3) is 0.100. The highest BCUT2D eigenvalue weighted by atomic mass is 16.1. The number of carbonyl (C=O) groups excluding carboxylic acids is 1. The topological polar surface area (TPSA) is 68.9 Å². The third-order valence-corrected chi connectivity index (χ3v) is 2.46. The van der Waals surface area contributed by atoms with Crippen LogP contribution in [0.5, 0.6) is 0 Å². The summed E-state index contributed by atoms with van der Waals surface area (Å²) in [6.07, 6.45) is 0.888. The molecule has 1 aromatic carbocycles. The molecule has 0 bridgehead atoms. The van der Waals surface area contributed by atoms with Crippen LogP contribution in [-0.2, 0) is 6.42 Å². The van der Waals surface area contributed by atoms with Crippen molar-refractivity contribution in [1.29, 1.82) is 0 Å². The molecule has 68 valence electrons. The van der Waals surface area contributed by atoms with Crippen molar-refractivity contribution >= 4 is 16.8 Å². The Labute approximate surface area is 79.7 Å². The number of nitrogens with zero attached hydrogens (tertiary/aromatic N) is 2. The van der Waals surface area contributed by atoms with E-state index < -0.39 is 5.91 Å². The molecule has 0 aliphatic heterocycles. The number of aromatic nitrogens is 2. The van der Waals surface area contributed by atoms with Gasteiger partial charge < -0.3 is 5.73 Å². The first-order valence-electron chi connectivity index (χ1n) is 4.34. The summed E-state index contributed by atoms with van der Waals surface area (Å²) in [5.74, 6) is -0.453. The van der Waals surface area contributed by atoms with Gasteiger partial charge in [0, 0.05) is 11.8 Å². The highest BCUT2D eigenvalue weighted by molar-refractivity contribution is 6.05. The van der Waals surface area contributed by atoms with Crippen LogP contribution in [0, 0.1) is 0 Å². The zero-order valence-corrected chi connectivity index (χ0v) is 7.32. The average molecular weight is 185 g/mol. The molecule has 2 N–H and O–H groups in total. The fourth-order valence-corrected chi connectivity index (χ4v) is 1.67. The minimum Gasteiger partial charge on any atom is -0.366 e. The molecule has 1 aliphatic rings. The number of rotatable bonds is 1. The Bertz CT molecular complexity index is 563. The molecular formula is C10H7N3O. The van der Waals surface area contributed by atoms with E-state index in [1.54, 1.807) is 6.07 Å². The molecule has 0 spiro atoms. The van der Waals surface area contributed by atoms with Crippen molar-refractivity contribution in [1.82, 2.24) is 10.2 Å². The van der Waals surface area contributed by atoms with Crippen molar-refractivity contribution in [3.05, 3.63) is 35.0 Å². The third-order valence-electron chi connectivity index (χ3n) is 2.46. The smallest absolute Gasteiger partial charge is 0.250 e. The largest absolute Gasteiger partial charge is 0.366 e. The molecule has 0 atom stereocenters. The van der Waals surface area contributed by atoms with Crippen LogP contribution in [-0.4, -0.2) is 16.1 Å². The van der Waals surface area contributed by atoms with Crippen LogP contribution >= 0.6 is 0 Å². The molecule has 0 saturated carbocycles. The Morgan fingerprint density at radius 1 is 1.36 bits per heavy atom. The van der Waals surface area contributed by atoms with Gasteiger partial charge in [-0.25, -0.2) is 0 Å². The van der Waals surface area contributed by atoms with E-state index in [0.29, 0.717) is 11.1 Å². The Morgan fingerprint density at radius 3 is 3.00 bits per heavy atom. The van der Waals surface area contributed by atoms with E-state index in [-0.39, 0.29) is 0 Å². The summed E-state index contributed by atoms with van der Waals surface area (Å²) in [4.78, 5) is 11.1. The van der Waals surface area contributed by atoms with E-state index in [9.17, 15) is 4.79 Å². The van der Waals surface area contributed by atoms with Gasteiger partial charge in [0.2, 0.25) is 0 Å². The molecule has 1 amide bonds. The second-order valence-electron chi connectivity index (χ2n) is 3.37.